The Morgan fingerprint density at radius 2 is 2.10 bits per heavy atom. The molecule has 0 spiro atoms. The number of hydrogen-bond donors (Lipinski definition) is 2. The van der Waals surface area contributed by atoms with Crippen molar-refractivity contribution in [2.24, 2.45) is 11.3 Å². The van der Waals surface area contributed by atoms with Gasteiger partial charge in [0.2, 0.25) is 0 Å². The molecule has 0 heterocycles. The van der Waals surface area contributed by atoms with E-state index in [0.717, 1.165) is 18.9 Å². The Balaban J connectivity index is -0.00000133. The Labute approximate surface area is 142 Å². The van der Waals surface area contributed by atoms with Crippen molar-refractivity contribution in [2.45, 2.75) is 38.7 Å². The van der Waals surface area contributed by atoms with E-state index in [1.165, 1.54) is 6.92 Å². The molecule has 3 atom stereocenters. The number of aliphatic hydroxyl groups is 1. The molecule has 21 heavy (non-hydrogen) atoms. The number of ether oxygens (including phenoxy) is 1. The van der Waals surface area contributed by atoms with Crippen LogP contribution in [-0.2, 0) is 19.1 Å². The number of aliphatic carboxylic acids is 1. The van der Waals surface area contributed by atoms with Crippen molar-refractivity contribution in [3.63, 3.8) is 0 Å². The van der Waals surface area contributed by atoms with Crippen LogP contribution < -0.4 is 0 Å². The van der Waals surface area contributed by atoms with E-state index in [-0.39, 0.29) is 25.9 Å². The molecule has 3 unspecified atom stereocenters. The maximum absolute atomic E-state index is 12.0. The third kappa shape index (κ3) is 4.79. The second-order valence-corrected chi connectivity index (χ2v) is 5.27. The molecule has 0 aliphatic heterocycles. The van der Waals surface area contributed by atoms with Gasteiger partial charge < -0.3 is 17.8 Å². The summed E-state index contributed by atoms with van der Waals surface area (Å²) in [7, 11) is 0. The number of ketones is 1. The first-order chi connectivity index (χ1) is 9.32. The summed E-state index contributed by atoms with van der Waals surface area (Å²) in [6.45, 7) is 4.27. The zero-order valence-electron chi connectivity index (χ0n) is 14.2. The zero-order valence-corrected chi connectivity index (χ0v) is 13.6. The third-order valence-electron chi connectivity index (χ3n) is 3.89. The summed E-state index contributed by atoms with van der Waals surface area (Å²) in [6.07, 6.45) is 1.86. The quantitative estimate of drug-likeness (QED) is 0.427. The van der Waals surface area contributed by atoms with Crippen LogP contribution in [0.5, 0.6) is 0 Å². The van der Waals surface area contributed by atoms with Crippen LogP contribution in [0.15, 0.2) is 12.7 Å². The van der Waals surface area contributed by atoms with E-state index in [0.29, 0.717) is 12.8 Å². The summed E-state index contributed by atoms with van der Waals surface area (Å²) in [6, 6.07) is 0. The summed E-state index contributed by atoms with van der Waals surface area (Å²) < 4.78 is 4.89. The van der Waals surface area contributed by atoms with Crippen molar-refractivity contribution in [3.05, 3.63) is 12.7 Å². The fourth-order valence-electron chi connectivity index (χ4n) is 2.45. The van der Waals surface area contributed by atoms with Crippen molar-refractivity contribution >= 4 is 40.8 Å². The van der Waals surface area contributed by atoms with Crippen LogP contribution in [0, 0.1) is 11.3 Å². The van der Waals surface area contributed by atoms with Crippen LogP contribution >= 0.6 is 0 Å². The van der Waals surface area contributed by atoms with Crippen molar-refractivity contribution in [1.29, 1.82) is 0 Å². The van der Waals surface area contributed by atoms with Crippen LogP contribution in [0.1, 0.15) is 35.5 Å². The molecule has 0 radical (unpaired) electrons. The van der Waals surface area contributed by atoms with Gasteiger partial charge in [0.25, 0.3) is 0 Å². The van der Waals surface area contributed by atoms with Gasteiger partial charge in [-0.05, 0) is 25.8 Å². The van der Waals surface area contributed by atoms with Gasteiger partial charge >= 0.3 is 35.0 Å². The number of hydrogen-bond acceptors (Lipinski definition) is 5. The minimum atomic E-state index is -1.45. The van der Waals surface area contributed by atoms with Crippen LogP contribution in [0.3, 0.4) is 0 Å². The van der Waals surface area contributed by atoms with Gasteiger partial charge in [-0.3, -0.25) is 14.4 Å². The molecule has 1 aliphatic rings. The van der Waals surface area contributed by atoms with Crippen molar-refractivity contribution in [2.75, 3.05) is 6.61 Å². The molecular formula is C14H22MgO6. The maximum Gasteiger partial charge on any atom is 2.00 e. The molecule has 1 saturated carbocycles. The summed E-state index contributed by atoms with van der Waals surface area (Å²) >= 11 is 0. The van der Waals surface area contributed by atoms with Crippen LogP contribution in [0.2, 0.25) is 0 Å². The molecule has 0 aromatic heterocycles. The van der Waals surface area contributed by atoms with Crippen molar-refractivity contribution < 1.29 is 32.2 Å². The van der Waals surface area contributed by atoms with Gasteiger partial charge in [-0.1, -0.05) is 19.4 Å². The van der Waals surface area contributed by atoms with E-state index in [9.17, 15) is 24.6 Å². The van der Waals surface area contributed by atoms with E-state index in [1.54, 1.807) is 0 Å². The standard InChI is InChI=1S/C14H20O6.Mg.2H/c1-3-10(15)11(16)8-20-12(17)9-6-4-5-7-14(9,2)13(18)19;;;/h3,9,11,16H,1,4-8H2,2H3,(H,18,19);;;/q;+2;2*-1. The Bertz CT molecular complexity index is 431. The monoisotopic (exact) mass is 310 g/mol. The van der Waals surface area contributed by atoms with E-state index in [2.05, 4.69) is 6.58 Å². The van der Waals surface area contributed by atoms with Gasteiger partial charge in [-0.25, -0.2) is 0 Å². The van der Waals surface area contributed by atoms with Gasteiger partial charge in [0, 0.05) is 0 Å². The number of carboxylic acids is 1. The molecule has 116 valence electrons. The van der Waals surface area contributed by atoms with Crippen LogP contribution in [-0.4, -0.2) is 63.7 Å². The molecule has 0 bridgehead atoms. The SMILES string of the molecule is C=CC(=O)C(O)COC(=O)C1CCCCC1(C)C(=O)O.[H-].[H-].[Mg+2]. The average molecular weight is 311 g/mol. The maximum atomic E-state index is 12.0. The fraction of sp³-hybridized carbons (Fsp3) is 0.643. The smallest absolute Gasteiger partial charge is 1.00 e. The second-order valence-electron chi connectivity index (χ2n) is 5.27. The summed E-state index contributed by atoms with van der Waals surface area (Å²) in [4.78, 5) is 34.4. The zero-order chi connectivity index (χ0) is 15.3. The minimum absolute atomic E-state index is 0. The third-order valence-corrected chi connectivity index (χ3v) is 3.89. The Morgan fingerprint density at radius 1 is 1.48 bits per heavy atom. The normalized spacial score (nSPS) is 26.1. The van der Waals surface area contributed by atoms with Gasteiger partial charge in [-0.15, -0.1) is 0 Å². The van der Waals surface area contributed by atoms with E-state index < -0.39 is 41.8 Å². The Kier molecular flexibility index (Phi) is 8.13. The molecule has 0 aromatic carbocycles. The molecule has 1 fully saturated rings. The summed E-state index contributed by atoms with van der Waals surface area (Å²) in [5.41, 5.74) is -1.15. The number of esters is 1. The Hall–Kier alpha value is -0.924. The van der Waals surface area contributed by atoms with Gasteiger partial charge in [0.1, 0.15) is 6.61 Å². The van der Waals surface area contributed by atoms with Gasteiger partial charge in [0.15, 0.2) is 11.9 Å². The molecule has 0 amide bonds. The van der Waals surface area contributed by atoms with E-state index >= 15 is 0 Å². The summed E-state index contributed by atoms with van der Waals surface area (Å²) in [5.74, 6) is -3.09. The molecule has 6 nitrogen and oxygen atoms in total. The number of carbonyl (C=O) groups excluding carboxylic acids is 2. The second kappa shape index (κ2) is 8.50. The first-order valence-corrected chi connectivity index (χ1v) is 6.57. The van der Waals surface area contributed by atoms with Gasteiger partial charge in [-0.2, -0.15) is 0 Å². The molecule has 1 rings (SSSR count). The largest absolute Gasteiger partial charge is 2.00 e. The summed E-state index contributed by atoms with van der Waals surface area (Å²) in [5, 5.41) is 18.7. The first-order valence-electron chi connectivity index (χ1n) is 6.57. The predicted octanol–water partition coefficient (Wildman–Crippen LogP) is 0.771. The first kappa shape index (κ1) is 20.1. The van der Waals surface area contributed by atoms with Gasteiger partial charge in [0.05, 0.1) is 11.3 Å². The molecule has 2 N–H and O–H groups in total. The Morgan fingerprint density at radius 3 is 2.62 bits per heavy atom. The minimum Gasteiger partial charge on any atom is -1.00 e. The van der Waals surface area contributed by atoms with Crippen molar-refractivity contribution in [1.82, 2.24) is 0 Å². The molecule has 1 aliphatic carbocycles. The van der Waals surface area contributed by atoms with Crippen LogP contribution in [0.25, 0.3) is 0 Å². The number of carbonyl (C=O) groups is 3. The fourth-order valence-corrected chi connectivity index (χ4v) is 2.45. The number of rotatable bonds is 6. The molecule has 7 heteroatoms. The topological polar surface area (TPSA) is 101 Å². The van der Waals surface area contributed by atoms with E-state index in [1.807, 2.05) is 0 Å². The van der Waals surface area contributed by atoms with E-state index in [4.69, 9.17) is 4.74 Å². The molecule has 0 saturated heterocycles. The number of carboxylic acid groups (broad SMARTS) is 1. The number of aliphatic hydroxyl groups excluding tert-OH is 1. The molecule has 0 aromatic rings. The molecular weight excluding hydrogens is 288 g/mol. The van der Waals surface area contributed by atoms with Crippen molar-refractivity contribution in [3.8, 4) is 0 Å². The predicted molar refractivity (Wildman–Crippen MR) is 77.8 cm³/mol. The average Bonchev–Trinajstić information content (AvgIpc) is 2.43. The van der Waals surface area contributed by atoms with Crippen LogP contribution in [0.4, 0.5) is 0 Å².